The zero-order valence-electron chi connectivity index (χ0n) is 16.9. The second kappa shape index (κ2) is 6.83. The topological polar surface area (TPSA) is 34.5 Å². The SMILES string of the molecule is CCCC1=CCN2CCc3c(n(C(=O)OC(C)(C)C)c4ccccc34)C2C1. The van der Waals surface area contributed by atoms with E-state index < -0.39 is 5.60 Å². The highest BCUT2D eigenvalue weighted by molar-refractivity contribution is 5.94. The van der Waals surface area contributed by atoms with Gasteiger partial charge in [-0.3, -0.25) is 4.90 Å². The summed E-state index contributed by atoms with van der Waals surface area (Å²) < 4.78 is 7.66. The zero-order valence-corrected chi connectivity index (χ0v) is 16.9. The molecule has 1 aromatic carbocycles. The molecule has 0 bridgehead atoms. The minimum Gasteiger partial charge on any atom is -0.443 e. The largest absolute Gasteiger partial charge is 0.443 e. The Morgan fingerprint density at radius 3 is 2.78 bits per heavy atom. The van der Waals surface area contributed by atoms with Crippen LogP contribution in [0.4, 0.5) is 4.79 Å². The van der Waals surface area contributed by atoms with Gasteiger partial charge in [0.1, 0.15) is 5.60 Å². The summed E-state index contributed by atoms with van der Waals surface area (Å²) in [6.45, 7) is 10.1. The lowest BCUT2D eigenvalue weighted by atomic mass is 9.88. The van der Waals surface area contributed by atoms with Gasteiger partial charge in [-0.2, -0.15) is 0 Å². The van der Waals surface area contributed by atoms with Crippen molar-refractivity contribution in [3.05, 3.63) is 47.2 Å². The smallest absolute Gasteiger partial charge is 0.419 e. The predicted molar refractivity (Wildman–Crippen MR) is 109 cm³/mol. The summed E-state index contributed by atoms with van der Waals surface area (Å²) in [5.74, 6) is 0. The third kappa shape index (κ3) is 3.31. The monoisotopic (exact) mass is 366 g/mol. The van der Waals surface area contributed by atoms with Crippen LogP contribution in [-0.2, 0) is 11.2 Å². The van der Waals surface area contributed by atoms with Crippen molar-refractivity contribution in [3.8, 4) is 0 Å². The van der Waals surface area contributed by atoms with Crippen LogP contribution in [0, 0.1) is 0 Å². The van der Waals surface area contributed by atoms with Gasteiger partial charge in [0.15, 0.2) is 0 Å². The molecule has 27 heavy (non-hydrogen) atoms. The van der Waals surface area contributed by atoms with Crippen LogP contribution < -0.4 is 0 Å². The number of aromatic nitrogens is 1. The molecule has 0 aliphatic carbocycles. The predicted octanol–water partition coefficient (Wildman–Crippen LogP) is 5.45. The van der Waals surface area contributed by atoms with Gasteiger partial charge in [-0.05, 0) is 51.7 Å². The van der Waals surface area contributed by atoms with Gasteiger partial charge in [-0.1, -0.05) is 43.2 Å². The van der Waals surface area contributed by atoms with Gasteiger partial charge >= 0.3 is 6.09 Å². The summed E-state index contributed by atoms with van der Waals surface area (Å²) in [6, 6.07) is 8.54. The zero-order chi connectivity index (χ0) is 19.2. The molecule has 1 aromatic heterocycles. The Morgan fingerprint density at radius 2 is 2.04 bits per heavy atom. The molecule has 0 amide bonds. The van der Waals surface area contributed by atoms with Gasteiger partial charge in [-0.15, -0.1) is 0 Å². The molecule has 1 unspecified atom stereocenters. The molecule has 0 saturated heterocycles. The van der Waals surface area contributed by atoms with Crippen LogP contribution >= 0.6 is 0 Å². The summed E-state index contributed by atoms with van der Waals surface area (Å²) in [5, 5.41) is 1.20. The second-order valence-corrected chi connectivity index (χ2v) is 8.77. The van der Waals surface area contributed by atoms with Crippen molar-refractivity contribution in [2.45, 2.75) is 65.0 Å². The average Bonchev–Trinajstić information content (AvgIpc) is 2.95. The standard InChI is InChI=1S/C23H30N2O2/c1-5-8-16-11-13-24-14-12-18-17-9-6-7-10-19(17)25(21(18)20(24)15-16)22(26)27-23(2,3)4/h6-7,9-11,20H,5,8,12-15H2,1-4H3. The number of nitrogens with zero attached hydrogens (tertiary/aromatic N) is 2. The third-order valence-corrected chi connectivity index (χ3v) is 5.64. The van der Waals surface area contributed by atoms with Gasteiger partial charge in [0.2, 0.25) is 0 Å². The van der Waals surface area contributed by atoms with E-state index in [-0.39, 0.29) is 12.1 Å². The first-order valence-corrected chi connectivity index (χ1v) is 10.2. The van der Waals surface area contributed by atoms with E-state index in [0.29, 0.717) is 0 Å². The highest BCUT2D eigenvalue weighted by atomic mass is 16.6. The molecule has 2 aromatic rings. The first-order valence-electron chi connectivity index (χ1n) is 10.2. The molecule has 0 fully saturated rings. The summed E-state index contributed by atoms with van der Waals surface area (Å²) in [4.78, 5) is 15.7. The second-order valence-electron chi connectivity index (χ2n) is 8.77. The molecule has 2 aliphatic rings. The Hall–Kier alpha value is -2.07. The summed E-state index contributed by atoms with van der Waals surface area (Å²) >= 11 is 0. The van der Waals surface area contributed by atoms with Gasteiger partial charge < -0.3 is 4.74 Å². The molecule has 0 spiro atoms. The first-order chi connectivity index (χ1) is 12.9. The lowest BCUT2D eigenvalue weighted by Crippen LogP contribution is -2.40. The molecule has 4 heteroatoms. The number of carbonyl (C=O) groups is 1. The van der Waals surface area contributed by atoms with E-state index in [1.165, 1.54) is 22.9 Å². The fourth-order valence-corrected chi connectivity index (χ4v) is 4.58. The van der Waals surface area contributed by atoms with Crippen LogP contribution in [0.15, 0.2) is 35.9 Å². The van der Waals surface area contributed by atoms with E-state index in [0.717, 1.165) is 43.6 Å². The van der Waals surface area contributed by atoms with Crippen molar-refractivity contribution in [2.24, 2.45) is 0 Å². The summed E-state index contributed by atoms with van der Waals surface area (Å²) in [7, 11) is 0. The number of carbonyl (C=O) groups excluding carboxylic acids is 1. The lowest BCUT2D eigenvalue weighted by Gasteiger charge is -2.39. The molecule has 4 nitrogen and oxygen atoms in total. The van der Waals surface area contributed by atoms with E-state index in [1.54, 1.807) is 0 Å². The fourth-order valence-electron chi connectivity index (χ4n) is 4.58. The van der Waals surface area contributed by atoms with Gasteiger partial charge in [0.25, 0.3) is 0 Å². The summed E-state index contributed by atoms with van der Waals surface area (Å²) in [5.41, 5.74) is 4.47. The van der Waals surface area contributed by atoms with Crippen molar-refractivity contribution in [2.75, 3.05) is 13.1 Å². The van der Waals surface area contributed by atoms with Crippen molar-refractivity contribution in [1.82, 2.24) is 9.47 Å². The Labute approximate surface area is 161 Å². The molecule has 2 aliphatic heterocycles. The number of para-hydroxylation sites is 1. The Balaban J connectivity index is 1.85. The van der Waals surface area contributed by atoms with Gasteiger partial charge in [-0.25, -0.2) is 9.36 Å². The van der Waals surface area contributed by atoms with E-state index in [9.17, 15) is 4.79 Å². The minimum atomic E-state index is -0.510. The Bertz CT molecular complexity index is 901. The van der Waals surface area contributed by atoms with E-state index in [2.05, 4.69) is 30.0 Å². The maximum atomic E-state index is 13.2. The number of benzene rings is 1. The molecule has 4 rings (SSSR count). The van der Waals surface area contributed by atoms with Crippen LogP contribution in [0.5, 0.6) is 0 Å². The quantitative estimate of drug-likeness (QED) is 0.663. The maximum absolute atomic E-state index is 13.2. The normalized spacial score (nSPS) is 20.1. The molecule has 0 radical (unpaired) electrons. The van der Waals surface area contributed by atoms with Crippen LogP contribution in [0.3, 0.4) is 0 Å². The fraction of sp³-hybridized carbons (Fsp3) is 0.522. The number of ether oxygens (including phenoxy) is 1. The number of hydrogen-bond donors (Lipinski definition) is 0. The Kier molecular flexibility index (Phi) is 4.63. The molecule has 0 N–H and O–H groups in total. The number of hydrogen-bond acceptors (Lipinski definition) is 3. The van der Waals surface area contributed by atoms with Crippen LogP contribution in [0.25, 0.3) is 10.9 Å². The average molecular weight is 367 g/mol. The van der Waals surface area contributed by atoms with Gasteiger partial charge in [0, 0.05) is 18.5 Å². The Morgan fingerprint density at radius 1 is 1.26 bits per heavy atom. The maximum Gasteiger partial charge on any atom is 0.419 e. The van der Waals surface area contributed by atoms with E-state index in [1.807, 2.05) is 37.5 Å². The summed E-state index contributed by atoms with van der Waals surface area (Å²) in [6.07, 6.45) is 6.45. The van der Waals surface area contributed by atoms with Crippen molar-refractivity contribution < 1.29 is 9.53 Å². The van der Waals surface area contributed by atoms with E-state index in [4.69, 9.17) is 4.74 Å². The number of rotatable bonds is 2. The lowest BCUT2D eigenvalue weighted by molar-refractivity contribution is 0.0526. The minimum absolute atomic E-state index is 0.256. The van der Waals surface area contributed by atoms with Crippen LogP contribution in [-0.4, -0.2) is 34.3 Å². The molecular weight excluding hydrogens is 336 g/mol. The van der Waals surface area contributed by atoms with Crippen LogP contribution in [0.2, 0.25) is 0 Å². The van der Waals surface area contributed by atoms with E-state index >= 15 is 0 Å². The molecule has 144 valence electrons. The highest BCUT2D eigenvalue weighted by Crippen LogP contribution is 2.42. The van der Waals surface area contributed by atoms with Crippen molar-refractivity contribution in [1.29, 1.82) is 0 Å². The van der Waals surface area contributed by atoms with Gasteiger partial charge in [0.05, 0.1) is 17.3 Å². The molecular formula is C23H30N2O2. The van der Waals surface area contributed by atoms with Crippen LogP contribution in [0.1, 0.15) is 64.3 Å². The third-order valence-electron chi connectivity index (χ3n) is 5.64. The molecule has 0 saturated carbocycles. The first kappa shape index (κ1) is 18.3. The van der Waals surface area contributed by atoms with Crippen molar-refractivity contribution >= 4 is 17.0 Å². The number of fused-ring (bicyclic) bond motifs is 5. The molecule has 1 atom stereocenters. The molecule has 3 heterocycles. The van der Waals surface area contributed by atoms with Crippen molar-refractivity contribution in [3.63, 3.8) is 0 Å². The highest BCUT2D eigenvalue weighted by Gasteiger charge is 2.37.